The molecule has 6 nitrogen and oxygen atoms in total. The molecule has 1 spiro atoms. The maximum absolute atomic E-state index is 11.7. The fourth-order valence-corrected chi connectivity index (χ4v) is 10.3. The quantitative estimate of drug-likeness (QED) is 0.440. The summed E-state index contributed by atoms with van der Waals surface area (Å²) in [5.74, 6) is 1.97. The second kappa shape index (κ2) is 7.17. The Bertz CT molecular complexity index is 795. The molecule has 6 fully saturated rings. The van der Waals surface area contributed by atoms with Crippen molar-refractivity contribution in [3.05, 3.63) is 0 Å². The maximum Gasteiger partial charge on any atom is 0.171 e. The first-order valence-corrected chi connectivity index (χ1v) is 13.5. The van der Waals surface area contributed by atoms with Gasteiger partial charge in [-0.1, -0.05) is 27.7 Å². The van der Waals surface area contributed by atoms with Crippen LogP contribution in [0.5, 0.6) is 0 Å². The minimum Gasteiger partial charge on any atom is -0.390 e. The van der Waals surface area contributed by atoms with Crippen LogP contribution in [-0.4, -0.2) is 62.8 Å². The average molecular weight is 465 g/mol. The lowest BCUT2D eigenvalue weighted by Gasteiger charge is -2.66. The molecular weight excluding hydrogens is 420 g/mol. The highest BCUT2D eigenvalue weighted by molar-refractivity contribution is 5.20. The van der Waals surface area contributed by atoms with Crippen LogP contribution in [0.4, 0.5) is 0 Å². The van der Waals surface area contributed by atoms with Crippen molar-refractivity contribution in [1.82, 2.24) is 0 Å². The van der Waals surface area contributed by atoms with E-state index in [-0.39, 0.29) is 23.9 Å². The Kier molecular flexibility index (Phi) is 5.03. The maximum atomic E-state index is 11.7. The van der Waals surface area contributed by atoms with Crippen molar-refractivity contribution in [1.29, 1.82) is 0 Å². The van der Waals surface area contributed by atoms with Gasteiger partial charge in [0.15, 0.2) is 5.79 Å². The van der Waals surface area contributed by atoms with E-state index in [0.29, 0.717) is 42.4 Å². The smallest absolute Gasteiger partial charge is 0.171 e. The standard InChI is InChI=1S/C27H44O6/c1-14-5-8-27(32-13-14)15(2)23-21(33-27)10-18-16-9-22(30)26(31)12-20(29)19(28)11-25(26,4)17(16)6-7-24(18,23)3/h14-23,28-31H,5-13H2,1-4H3/t14?,15-,16+,17-,18-,19+,20+,21-,22+,23-,24-,25+,26-,27+/m0/s1. The zero-order valence-corrected chi connectivity index (χ0v) is 20.7. The van der Waals surface area contributed by atoms with Crippen LogP contribution in [-0.2, 0) is 9.47 Å². The van der Waals surface area contributed by atoms with E-state index in [1.807, 2.05) is 0 Å². The molecule has 2 saturated heterocycles. The molecule has 6 heteroatoms. The molecule has 0 amide bonds. The van der Waals surface area contributed by atoms with Gasteiger partial charge in [-0.05, 0) is 73.5 Å². The molecule has 14 atom stereocenters. The second-order valence-electron chi connectivity index (χ2n) is 13.5. The lowest BCUT2D eigenvalue weighted by atomic mass is 9.42. The molecule has 188 valence electrons. The number of hydrogen-bond acceptors (Lipinski definition) is 6. The van der Waals surface area contributed by atoms with E-state index in [2.05, 4.69) is 27.7 Å². The van der Waals surface area contributed by atoms with Crippen molar-refractivity contribution in [3.8, 4) is 0 Å². The van der Waals surface area contributed by atoms with Gasteiger partial charge in [-0.2, -0.15) is 0 Å². The van der Waals surface area contributed by atoms with Gasteiger partial charge in [0, 0.05) is 24.2 Å². The Morgan fingerprint density at radius 3 is 2.30 bits per heavy atom. The Morgan fingerprint density at radius 2 is 1.61 bits per heavy atom. The first-order chi connectivity index (χ1) is 15.5. The highest BCUT2D eigenvalue weighted by Gasteiger charge is 2.72. The van der Waals surface area contributed by atoms with Crippen LogP contribution in [0.2, 0.25) is 0 Å². The Balaban J connectivity index is 1.30. The normalized spacial score (nSPS) is 64.7. The molecule has 0 aromatic heterocycles. The first-order valence-electron chi connectivity index (χ1n) is 13.5. The molecule has 1 unspecified atom stereocenters. The number of aliphatic hydroxyl groups excluding tert-OH is 3. The van der Waals surface area contributed by atoms with Crippen molar-refractivity contribution in [3.63, 3.8) is 0 Å². The number of aliphatic hydroxyl groups is 4. The summed E-state index contributed by atoms with van der Waals surface area (Å²) < 4.78 is 13.2. The molecule has 4 N–H and O–H groups in total. The third kappa shape index (κ3) is 2.83. The van der Waals surface area contributed by atoms with Crippen molar-refractivity contribution < 1.29 is 29.9 Å². The highest BCUT2D eigenvalue weighted by Crippen LogP contribution is 2.71. The number of hydrogen-bond donors (Lipinski definition) is 4. The lowest BCUT2D eigenvalue weighted by molar-refractivity contribution is -0.286. The summed E-state index contributed by atoms with van der Waals surface area (Å²) in [6.07, 6.45) is 3.71. The molecule has 0 aromatic rings. The fraction of sp³-hybridized carbons (Fsp3) is 1.00. The summed E-state index contributed by atoms with van der Waals surface area (Å²) in [6, 6.07) is 0. The summed E-state index contributed by atoms with van der Waals surface area (Å²) >= 11 is 0. The Morgan fingerprint density at radius 1 is 0.879 bits per heavy atom. The zero-order valence-electron chi connectivity index (χ0n) is 20.7. The van der Waals surface area contributed by atoms with E-state index in [1.165, 1.54) is 0 Å². The molecule has 0 bridgehead atoms. The van der Waals surface area contributed by atoms with E-state index >= 15 is 0 Å². The molecule has 0 radical (unpaired) electrons. The van der Waals surface area contributed by atoms with E-state index in [1.54, 1.807) is 0 Å². The van der Waals surface area contributed by atoms with Gasteiger partial charge < -0.3 is 29.9 Å². The molecule has 4 aliphatic carbocycles. The zero-order chi connectivity index (χ0) is 23.6. The monoisotopic (exact) mass is 464 g/mol. The second-order valence-corrected chi connectivity index (χ2v) is 13.5. The predicted octanol–water partition coefficient (Wildman–Crippen LogP) is 2.85. The van der Waals surface area contributed by atoms with Gasteiger partial charge in [-0.3, -0.25) is 0 Å². The van der Waals surface area contributed by atoms with Gasteiger partial charge in [0.05, 0.1) is 36.6 Å². The first kappa shape index (κ1) is 23.2. The summed E-state index contributed by atoms with van der Waals surface area (Å²) in [6.45, 7) is 9.90. The predicted molar refractivity (Wildman–Crippen MR) is 122 cm³/mol. The van der Waals surface area contributed by atoms with Gasteiger partial charge in [0.1, 0.15) is 0 Å². The summed E-state index contributed by atoms with van der Waals surface area (Å²) in [5, 5.41) is 43.8. The average Bonchev–Trinajstić information content (AvgIpc) is 3.19. The Labute approximate surface area is 198 Å². The summed E-state index contributed by atoms with van der Waals surface area (Å²) in [4.78, 5) is 0. The molecule has 6 rings (SSSR count). The number of rotatable bonds is 0. The van der Waals surface area contributed by atoms with Crippen LogP contribution in [0.1, 0.15) is 79.1 Å². The van der Waals surface area contributed by atoms with E-state index in [0.717, 1.165) is 38.7 Å². The van der Waals surface area contributed by atoms with Crippen LogP contribution < -0.4 is 0 Å². The van der Waals surface area contributed by atoms with Crippen molar-refractivity contribution in [2.75, 3.05) is 6.61 Å². The van der Waals surface area contributed by atoms with Crippen LogP contribution >= 0.6 is 0 Å². The van der Waals surface area contributed by atoms with Crippen LogP contribution in [0, 0.1) is 46.3 Å². The number of fused-ring (bicyclic) bond motifs is 7. The molecule has 0 aromatic carbocycles. The highest BCUT2D eigenvalue weighted by atomic mass is 16.7. The van der Waals surface area contributed by atoms with Gasteiger partial charge >= 0.3 is 0 Å². The van der Waals surface area contributed by atoms with E-state index in [9.17, 15) is 20.4 Å². The van der Waals surface area contributed by atoms with Gasteiger partial charge in [0.25, 0.3) is 0 Å². The summed E-state index contributed by atoms with van der Waals surface area (Å²) in [5.41, 5.74) is -1.79. The molecule has 2 heterocycles. The van der Waals surface area contributed by atoms with Crippen LogP contribution in [0.3, 0.4) is 0 Å². The van der Waals surface area contributed by atoms with Crippen LogP contribution in [0.25, 0.3) is 0 Å². The third-order valence-corrected chi connectivity index (χ3v) is 12.2. The molecule has 2 aliphatic heterocycles. The lowest BCUT2D eigenvalue weighted by Crippen LogP contribution is -2.70. The van der Waals surface area contributed by atoms with Crippen LogP contribution in [0.15, 0.2) is 0 Å². The van der Waals surface area contributed by atoms with Gasteiger partial charge in [-0.15, -0.1) is 0 Å². The molecular formula is C27H44O6. The third-order valence-electron chi connectivity index (χ3n) is 12.2. The molecule has 4 saturated carbocycles. The summed E-state index contributed by atoms with van der Waals surface area (Å²) in [7, 11) is 0. The number of ether oxygens (including phenoxy) is 2. The largest absolute Gasteiger partial charge is 0.390 e. The van der Waals surface area contributed by atoms with Crippen molar-refractivity contribution in [2.45, 2.75) is 115 Å². The van der Waals surface area contributed by atoms with Gasteiger partial charge in [-0.25, -0.2) is 0 Å². The SMILES string of the molecule is CC1CC[C@@]2(OC1)O[C@H]1C[C@H]3[C@@H]4C[C@@H](O)[C@@]5(O)C[C@@H](O)[C@H](O)C[C@]5(C)[C@H]4CC[C@]3(C)[C@H]1[C@@H]2C. The fourth-order valence-electron chi connectivity index (χ4n) is 10.3. The minimum atomic E-state index is -1.34. The van der Waals surface area contributed by atoms with Gasteiger partial charge in [0.2, 0.25) is 0 Å². The van der Waals surface area contributed by atoms with Crippen molar-refractivity contribution >= 4 is 0 Å². The van der Waals surface area contributed by atoms with E-state index in [4.69, 9.17) is 9.47 Å². The van der Waals surface area contributed by atoms with Crippen molar-refractivity contribution in [2.24, 2.45) is 46.3 Å². The minimum absolute atomic E-state index is 0.0562. The Hall–Kier alpha value is -0.240. The molecule has 33 heavy (non-hydrogen) atoms. The topological polar surface area (TPSA) is 99.4 Å². The molecule has 6 aliphatic rings. The van der Waals surface area contributed by atoms with E-state index < -0.39 is 35.1 Å².